The van der Waals surface area contributed by atoms with Crippen molar-refractivity contribution in [3.05, 3.63) is 144 Å². The van der Waals surface area contributed by atoms with Crippen LogP contribution < -0.4 is 28.1 Å². The molecule has 0 saturated heterocycles. The maximum atomic E-state index is 6.55. The number of fused-ring (bicyclic) bond motifs is 3. The van der Waals surface area contributed by atoms with Crippen LogP contribution >= 0.6 is 46.4 Å². The Morgan fingerprint density at radius 1 is 0.620 bits per heavy atom. The standard InChI is InChI=1S/C21H25.C17H14Cl4.C5H5.2ClH.Zr/c1-20(2,3)16-9-7-14-11-15-8-10-17(21(4,5)6)13-19(15)18(14)12-16;18-8-14-2-12(3-15(6-14)9-19)1-13-4-16(10-20)7-17(5-13)11-21;1-2-4-5-3-1;;;/h7,9-10,12-13H,11H2,1-6H3;2-7H,8-11H2;1-3H,4H2;2*1H;/q;;;;;+2/p-2. The van der Waals surface area contributed by atoms with Gasteiger partial charge in [-0.2, -0.15) is 0 Å². The van der Waals surface area contributed by atoms with Gasteiger partial charge in [-0.3, -0.25) is 0 Å². The van der Waals surface area contributed by atoms with E-state index in [0.717, 1.165) is 35.1 Å². The van der Waals surface area contributed by atoms with Crippen LogP contribution in [0.3, 0.4) is 0 Å². The maximum absolute atomic E-state index is 6.55. The zero-order valence-corrected chi connectivity index (χ0v) is 36.6. The van der Waals surface area contributed by atoms with Crippen molar-refractivity contribution in [1.29, 1.82) is 0 Å². The van der Waals surface area contributed by atoms with Crippen LogP contribution in [0.2, 0.25) is 0 Å². The van der Waals surface area contributed by atoms with Crippen LogP contribution in [0, 0.1) is 0 Å². The molecule has 2 aliphatic carbocycles. The van der Waals surface area contributed by atoms with Crippen molar-refractivity contribution in [2.45, 2.75) is 88.7 Å². The van der Waals surface area contributed by atoms with E-state index in [2.05, 4.69) is 127 Å². The van der Waals surface area contributed by atoms with E-state index in [-0.39, 0.29) is 35.6 Å². The summed E-state index contributed by atoms with van der Waals surface area (Å²) < 4.78 is 4.56. The Balaban J connectivity index is 0.00000281. The molecule has 7 heteroatoms. The zero-order valence-electron chi connectivity index (χ0n) is 29.6. The molecular formula is C43H44Cl6Zr. The smallest absolute Gasteiger partial charge is 1.00 e. The van der Waals surface area contributed by atoms with E-state index in [1.54, 1.807) is 6.55 Å². The largest absolute Gasteiger partial charge is 1.00 e. The molecule has 0 aliphatic heterocycles. The van der Waals surface area contributed by atoms with Gasteiger partial charge in [0.05, 0.1) is 0 Å². The summed E-state index contributed by atoms with van der Waals surface area (Å²) in [4.78, 5) is 0. The minimum Gasteiger partial charge on any atom is -1.00 e. The topological polar surface area (TPSA) is 0 Å². The van der Waals surface area contributed by atoms with Gasteiger partial charge in [0.15, 0.2) is 0 Å². The molecule has 0 unspecified atom stereocenters. The van der Waals surface area contributed by atoms with Gasteiger partial charge < -0.3 is 24.8 Å². The summed E-state index contributed by atoms with van der Waals surface area (Å²) in [6.45, 7) is 14.0. The van der Waals surface area contributed by atoms with Crippen LogP contribution in [-0.2, 0) is 62.0 Å². The molecule has 4 aromatic carbocycles. The number of halogens is 6. The summed E-state index contributed by atoms with van der Waals surface area (Å²) in [6.07, 6.45) is 8.92. The van der Waals surface area contributed by atoms with Crippen molar-refractivity contribution in [2.75, 3.05) is 0 Å². The Bertz CT molecular complexity index is 1890. The van der Waals surface area contributed by atoms with Crippen molar-refractivity contribution in [2.24, 2.45) is 0 Å². The number of benzene rings is 4. The predicted octanol–water partition coefficient (Wildman–Crippen LogP) is 6.17. The summed E-state index contributed by atoms with van der Waals surface area (Å²) in [7, 11) is 0. The fraction of sp³-hybridized carbons (Fsp3) is 0.326. The predicted molar refractivity (Wildman–Crippen MR) is 208 cm³/mol. The summed E-state index contributed by atoms with van der Waals surface area (Å²) in [5.41, 5.74) is 15.4. The number of rotatable bonds is 8. The van der Waals surface area contributed by atoms with Crippen LogP contribution in [0.25, 0.3) is 11.1 Å². The third kappa shape index (κ3) is 8.63. The van der Waals surface area contributed by atoms with Crippen LogP contribution in [0.1, 0.15) is 104 Å². The van der Waals surface area contributed by atoms with Gasteiger partial charge in [-0.15, -0.1) is 0 Å². The van der Waals surface area contributed by atoms with E-state index in [1.165, 1.54) is 47.7 Å². The van der Waals surface area contributed by atoms with Gasteiger partial charge in [0.1, 0.15) is 0 Å². The molecule has 0 saturated carbocycles. The third-order valence-corrected chi connectivity index (χ3v) is 18.5. The molecule has 0 nitrogen and oxygen atoms in total. The first-order chi connectivity index (χ1) is 22.8. The molecule has 50 heavy (non-hydrogen) atoms. The Morgan fingerprint density at radius 3 is 1.56 bits per heavy atom. The number of hydrogen-bond acceptors (Lipinski definition) is 0. The normalized spacial score (nSPS) is 13.1. The van der Waals surface area contributed by atoms with Gasteiger partial charge in [-0.05, 0) is 0 Å². The van der Waals surface area contributed by atoms with Crippen LogP contribution in [-0.4, -0.2) is 3.21 Å². The first kappa shape index (κ1) is 41.6. The summed E-state index contributed by atoms with van der Waals surface area (Å²) >= 11 is 23.2. The van der Waals surface area contributed by atoms with Gasteiger partial charge in [0, 0.05) is 0 Å². The minimum atomic E-state index is -2.99. The molecule has 2 aliphatic rings. The minimum absolute atomic E-state index is 0. The number of alkyl halides is 4. The second-order valence-electron chi connectivity index (χ2n) is 15.3. The molecular weight excluding hydrogens is 820 g/mol. The molecule has 0 radical (unpaired) electrons. The first-order valence-corrected chi connectivity index (χ1v) is 22.6. The van der Waals surface area contributed by atoms with Crippen molar-refractivity contribution < 1.29 is 46.1 Å². The van der Waals surface area contributed by atoms with Crippen LogP contribution in [0.15, 0.2) is 88.2 Å². The molecule has 6 rings (SSSR count). The molecule has 0 N–H and O–H groups in total. The van der Waals surface area contributed by atoms with Gasteiger partial charge in [-0.1, -0.05) is 0 Å². The van der Waals surface area contributed by atoms with Crippen molar-refractivity contribution in [3.8, 4) is 11.1 Å². The van der Waals surface area contributed by atoms with E-state index in [1.807, 2.05) is 0 Å². The van der Waals surface area contributed by atoms with Crippen molar-refractivity contribution in [1.82, 2.24) is 0 Å². The Hall–Kier alpha value is -1.15. The number of hydrogen-bond donors (Lipinski definition) is 0. The Morgan fingerprint density at radius 2 is 1.12 bits per heavy atom. The summed E-state index contributed by atoms with van der Waals surface area (Å²) in [5.74, 6) is 1.73. The summed E-state index contributed by atoms with van der Waals surface area (Å²) in [6, 6.07) is 25.8. The molecule has 0 aromatic heterocycles. The van der Waals surface area contributed by atoms with E-state index in [0.29, 0.717) is 23.5 Å². The molecule has 262 valence electrons. The van der Waals surface area contributed by atoms with Crippen molar-refractivity contribution in [3.63, 3.8) is 0 Å². The van der Waals surface area contributed by atoms with Gasteiger partial charge in [0.2, 0.25) is 0 Å². The average Bonchev–Trinajstić information content (AvgIpc) is 3.73. The molecule has 4 aromatic rings. The van der Waals surface area contributed by atoms with Crippen LogP contribution in [0.4, 0.5) is 0 Å². The second kappa shape index (κ2) is 16.9. The van der Waals surface area contributed by atoms with E-state index >= 15 is 0 Å². The van der Waals surface area contributed by atoms with Gasteiger partial charge in [0.25, 0.3) is 0 Å². The Kier molecular flexibility index (Phi) is 14.1. The van der Waals surface area contributed by atoms with E-state index in [4.69, 9.17) is 46.4 Å². The van der Waals surface area contributed by atoms with E-state index < -0.39 is 21.3 Å². The van der Waals surface area contributed by atoms with Crippen molar-refractivity contribution >= 4 is 52.9 Å². The Labute approximate surface area is 339 Å². The molecule has 0 heterocycles. The second-order valence-corrected chi connectivity index (χ2v) is 22.3. The third-order valence-electron chi connectivity index (χ3n) is 9.66. The van der Waals surface area contributed by atoms with Crippen LogP contribution in [0.5, 0.6) is 0 Å². The zero-order chi connectivity index (χ0) is 34.4. The summed E-state index contributed by atoms with van der Waals surface area (Å²) in [5, 5.41) is 0. The molecule has 0 bridgehead atoms. The quantitative estimate of drug-likeness (QED) is 0.164. The SMILES string of the molecule is CC(C)(C)c1ccc2c(c1)-c1cc(C(C)(C)C)c[c]([Zr+2]([C]3=CC=CC3)=[C](c3cc(CCl)cc(CCl)c3)c3cc(CCl)cc(CCl)c3)c1C2.[Cl-].[Cl-]. The van der Waals surface area contributed by atoms with Gasteiger partial charge in [-0.25, -0.2) is 0 Å². The molecule has 0 spiro atoms. The fourth-order valence-corrected chi connectivity index (χ4v) is 15.6. The molecule has 0 atom stereocenters. The van der Waals surface area contributed by atoms with E-state index in [9.17, 15) is 0 Å². The monoisotopic (exact) mass is 860 g/mol. The average molecular weight is 865 g/mol. The molecule has 0 amide bonds. The first-order valence-electron chi connectivity index (χ1n) is 16.8. The maximum Gasteiger partial charge on any atom is -1.00 e. The fourth-order valence-electron chi connectivity index (χ4n) is 7.08. The molecule has 0 fully saturated rings. The number of allylic oxidation sites excluding steroid dienone is 4. The van der Waals surface area contributed by atoms with Gasteiger partial charge >= 0.3 is 318 Å².